The van der Waals surface area contributed by atoms with Gasteiger partial charge < -0.3 is 14.9 Å². The van der Waals surface area contributed by atoms with E-state index in [9.17, 15) is 0 Å². The maximum atomic E-state index is 5.78. The van der Waals surface area contributed by atoms with E-state index < -0.39 is 0 Å². The number of aryl methyl sites for hydroxylation is 1. The van der Waals surface area contributed by atoms with Crippen molar-refractivity contribution < 1.29 is 9.15 Å². The first-order valence-corrected chi connectivity index (χ1v) is 5.55. The first-order chi connectivity index (χ1) is 8.67. The van der Waals surface area contributed by atoms with Gasteiger partial charge in [-0.05, 0) is 24.3 Å². The molecule has 0 aliphatic rings. The fourth-order valence-corrected chi connectivity index (χ4v) is 1.99. The van der Waals surface area contributed by atoms with Crippen LogP contribution in [0, 0.1) is 0 Å². The summed E-state index contributed by atoms with van der Waals surface area (Å²) in [5.74, 6) is 2.02. The molecule has 0 atom stereocenters. The van der Waals surface area contributed by atoms with Crippen LogP contribution in [0.1, 0.15) is 0 Å². The fraction of sp³-hybridized carbons (Fsp3) is 0.154. The van der Waals surface area contributed by atoms with Gasteiger partial charge in [-0.3, -0.25) is 4.68 Å². The van der Waals surface area contributed by atoms with Crippen molar-refractivity contribution in [2.75, 3.05) is 12.8 Å². The number of nitrogens with two attached hydrogens (primary N) is 1. The molecule has 0 unspecified atom stereocenters. The molecule has 0 amide bonds. The zero-order chi connectivity index (χ0) is 12.7. The van der Waals surface area contributed by atoms with E-state index >= 15 is 0 Å². The fourth-order valence-electron chi connectivity index (χ4n) is 1.99. The molecule has 3 aromatic rings. The Morgan fingerprint density at radius 2 is 2.11 bits per heavy atom. The Hall–Kier alpha value is -2.43. The summed E-state index contributed by atoms with van der Waals surface area (Å²) >= 11 is 0. The van der Waals surface area contributed by atoms with E-state index in [0.29, 0.717) is 5.82 Å². The second-order valence-electron chi connectivity index (χ2n) is 4.09. The molecule has 0 bridgehead atoms. The van der Waals surface area contributed by atoms with Crippen LogP contribution in [0.2, 0.25) is 0 Å². The van der Waals surface area contributed by atoms with E-state index in [1.807, 2.05) is 31.3 Å². The number of hydrogen-bond acceptors (Lipinski definition) is 4. The smallest absolute Gasteiger partial charge is 0.153 e. The lowest BCUT2D eigenvalue weighted by molar-refractivity contribution is 0.415. The topological polar surface area (TPSA) is 66.2 Å². The lowest BCUT2D eigenvalue weighted by Gasteiger charge is -1.96. The largest absolute Gasteiger partial charge is 0.497 e. The summed E-state index contributed by atoms with van der Waals surface area (Å²) in [6, 6.07) is 9.43. The molecule has 0 spiro atoms. The minimum Gasteiger partial charge on any atom is -0.497 e. The van der Waals surface area contributed by atoms with Crippen molar-refractivity contribution in [1.82, 2.24) is 9.78 Å². The molecular weight excluding hydrogens is 230 g/mol. The highest BCUT2D eigenvalue weighted by Gasteiger charge is 2.11. The molecule has 0 fully saturated rings. The SMILES string of the molecule is COc1ccc2oc(-c3cc(N)nn3C)cc2c1. The Morgan fingerprint density at radius 3 is 2.78 bits per heavy atom. The molecule has 5 heteroatoms. The molecule has 0 saturated carbocycles. The molecule has 18 heavy (non-hydrogen) atoms. The Balaban J connectivity index is 2.16. The van der Waals surface area contributed by atoms with Crippen LogP contribution < -0.4 is 10.5 Å². The van der Waals surface area contributed by atoms with Gasteiger partial charge in [-0.25, -0.2) is 0 Å². The quantitative estimate of drug-likeness (QED) is 0.750. The van der Waals surface area contributed by atoms with E-state index in [1.54, 1.807) is 17.9 Å². The zero-order valence-electron chi connectivity index (χ0n) is 10.2. The minimum absolute atomic E-state index is 0.477. The van der Waals surface area contributed by atoms with Crippen molar-refractivity contribution in [3.05, 3.63) is 30.3 Å². The zero-order valence-corrected chi connectivity index (χ0v) is 10.2. The van der Waals surface area contributed by atoms with E-state index in [-0.39, 0.29) is 0 Å². The van der Waals surface area contributed by atoms with Gasteiger partial charge in [0, 0.05) is 18.5 Å². The molecule has 2 N–H and O–H groups in total. The molecule has 2 heterocycles. The summed E-state index contributed by atoms with van der Waals surface area (Å²) in [5.41, 5.74) is 7.32. The van der Waals surface area contributed by atoms with Crippen molar-refractivity contribution in [1.29, 1.82) is 0 Å². The minimum atomic E-state index is 0.477. The van der Waals surface area contributed by atoms with Gasteiger partial charge in [0.1, 0.15) is 22.8 Å². The summed E-state index contributed by atoms with van der Waals surface area (Å²) in [6.45, 7) is 0. The molecule has 5 nitrogen and oxygen atoms in total. The molecule has 0 aliphatic carbocycles. The van der Waals surface area contributed by atoms with Crippen LogP contribution in [0.15, 0.2) is 34.7 Å². The van der Waals surface area contributed by atoms with E-state index in [4.69, 9.17) is 14.9 Å². The normalized spacial score (nSPS) is 11.0. The van der Waals surface area contributed by atoms with Crippen LogP contribution in [0.3, 0.4) is 0 Å². The third-order valence-electron chi connectivity index (χ3n) is 2.87. The maximum absolute atomic E-state index is 5.78. The number of nitrogens with zero attached hydrogens (tertiary/aromatic N) is 2. The first-order valence-electron chi connectivity index (χ1n) is 5.55. The number of rotatable bonds is 2. The molecule has 1 aromatic carbocycles. The number of nitrogen functional groups attached to an aromatic ring is 1. The molecule has 0 saturated heterocycles. The van der Waals surface area contributed by atoms with Gasteiger partial charge >= 0.3 is 0 Å². The third kappa shape index (κ3) is 1.60. The van der Waals surface area contributed by atoms with Crippen LogP contribution in [0.4, 0.5) is 5.82 Å². The molecule has 0 aliphatic heterocycles. The number of furan rings is 1. The number of fused-ring (bicyclic) bond motifs is 1. The number of aromatic nitrogens is 2. The van der Waals surface area contributed by atoms with Gasteiger partial charge in [0.15, 0.2) is 5.76 Å². The van der Waals surface area contributed by atoms with Crippen molar-refractivity contribution in [3.63, 3.8) is 0 Å². The number of hydrogen-bond donors (Lipinski definition) is 1. The molecular formula is C13H13N3O2. The lowest BCUT2D eigenvalue weighted by Crippen LogP contribution is -1.93. The summed E-state index contributed by atoms with van der Waals surface area (Å²) in [7, 11) is 3.48. The van der Waals surface area contributed by atoms with Crippen LogP contribution in [-0.2, 0) is 7.05 Å². The first kappa shape index (κ1) is 10.7. The average molecular weight is 243 g/mol. The van der Waals surface area contributed by atoms with Crippen molar-refractivity contribution >= 4 is 16.8 Å². The number of anilines is 1. The molecule has 3 rings (SSSR count). The second kappa shape index (κ2) is 3.80. The molecule has 0 radical (unpaired) electrons. The maximum Gasteiger partial charge on any atom is 0.153 e. The Kier molecular flexibility index (Phi) is 2.26. The number of ether oxygens (including phenoxy) is 1. The van der Waals surface area contributed by atoms with Crippen LogP contribution >= 0.6 is 0 Å². The van der Waals surface area contributed by atoms with Crippen LogP contribution in [0.5, 0.6) is 5.75 Å². The van der Waals surface area contributed by atoms with E-state index in [2.05, 4.69) is 5.10 Å². The van der Waals surface area contributed by atoms with Gasteiger partial charge in [0.2, 0.25) is 0 Å². The van der Waals surface area contributed by atoms with E-state index in [0.717, 1.165) is 28.2 Å². The Bertz CT molecular complexity index is 712. The summed E-state index contributed by atoms with van der Waals surface area (Å²) < 4.78 is 12.7. The highest BCUT2D eigenvalue weighted by Crippen LogP contribution is 2.30. The highest BCUT2D eigenvalue weighted by molar-refractivity contribution is 5.83. The average Bonchev–Trinajstić information content (AvgIpc) is 2.90. The van der Waals surface area contributed by atoms with E-state index in [1.165, 1.54) is 0 Å². The van der Waals surface area contributed by atoms with Gasteiger partial charge in [0.25, 0.3) is 0 Å². The monoisotopic (exact) mass is 243 g/mol. The lowest BCUT2D eigenvalue weighted by atomic mass is 10.2. The summed E-state index contributed by atoms with van der Waals surface area (Å²) in [6.07, 6.45) is 0. The Labute approximate surface area is 104 Å². The van der Waals surface area contributed by atoms with Crippen molar-refractivity contribution in [2.45, 2.75) is 0 Å². The molecule has 92 valence electrons. The number of benzene rings is 1. The standard InChI is InChI=1S/C13H13N3O2/c1-16-10(7-13(14)15-16)12-6-8-5-9(17-2)3-4-11(8)18-12/h3-7H,1-2H3,(H2,14,15). The predicted molar refractivity (Wildman–Crippen MR) is 69.4 cm³/mol. The van der Waals surface area contributed by atoms with Crippen molar-refractivity contribution in [2.24, 2.45) is 7.05 Å². The van der Waals surface area contributed by atoms with Crippen LogP contribution in [-0.4, -0.2) is 16.9 Å². The highest BCUT2D eigenvalue weighted by atomic mass is 16.5. The molecule has 2 aromatic heterocycles. The van der Waals surface area contributed by atoms with Crippen LogP contribution in [0.25, 0.3) is 22.4 Å². The third-order valence-corrected chi connectivity index (χ3v) is 2.87. The van der Waals surface area contributed by atoms with Gasteiger partial charge in [-0.2, -0.15) is 5.10 Å². The second-order valence-corrected chi connectivity index (χ2v) is 4.09. The van der Waals surface area contributed by atoms with Gasteiger partial charge in [-0.15, -0.1) is 0 Å². The van der Waals surface area contributed by atoms with Gasteiger partial charge in [-0.1, -0.05) is 0 Å². The van der Waals surface area contributed by atoms with Gasteiger partial charge in [0.05, 0.1) is 7.11 Å². The van der Waals surface area contributed by atoms with Crippen molar-refractivity contribution in [3.8, 4) is 17.2 Å². The Morgan fingerprint density at radius 1 is 1.28 bits per heavy atom. The number of methoxy groups -OCH3 is 1. The summed E-state index contributed by atoms with van der Waals surface area (Å²) in [4.78, 5) is 0. The summed E-state index contributed by atoms with van der Waals surface area (Å²) in [5, 5.41) is 5.09. The predicted octanol–water partition coefficient (Wildman–Crippen LogP) is 2.42.